The van der Waals surface area contributed by atoms with Crippen molar-refractivity contribution in [1.82, 2.24) is 20.2 Å². The lowest BCUT2D eigenvalue weighted by atomic mass is 10.3. The van der Waals surface area contributed by atoms with Gasteiger partial charge >= 0.3 is 0 Å². The van der Waals surface area contributed by atoms with Crippen LogP contribution in [0.25, 0.3) is 0 Å². The standard InChI is InChI=1S/C12H24N4O4S/c1-4-5-6-20-8-10(17)9-21-12-13-14-15-16(12)7-11(18-2)19-3/h10-11,17H,4-9H2,1-3H3. The molecule has 0 spiro atoms. The van der Waals surface area contributed by atoms with E-state index in [2.05, 4.69) is 22.4 Å². The number of tetrazole rings is 1. The largest absolute Gasteiger partial charge is 0.390 e. The molecular formula is C12H24N4O4S. The van der Waals surface area contributed by atoms with Crippen molar-refractivity contribution in [2.24, 2.45) is 0 Å². The number of hydrogen-bond donors (Lipinski definition) is 1. The molecule has 1 aromatic heterocycles. The molecule has 0 saturated carbocycles. The van der Waals surface area contributed by atoms with Gasteiger partial charge in [0.15, 0.2) is 6.29 Å². The highest BCUT2D eigenvalue weighted by Gasteiger charge is 2.14. The molecule has 21 heavy (non-hydrogen) atoms. The molecule has 1 rings (SSSR count). The van der Waals surface area contributed by atoms with Crippen LogP contribution in [0.15, 0.2) is 5.16 Å². The third-order valence-corrected chi connectivity index (χ3v) is 3.81. The van der Waals surface area contributed by atoms with Crippen LogP contribution in [0.4, 0.5) is 0 Å². The van der Waals surface area contributed by atoms with Gasteiger partial charge in [0, 0.05) is 26.6 Å². The Morgan fingerprint density at radius 1 is 1.33 bits per heavy atom. The van der Waals surface area contributed by atoms with Gasteiger partial charge in [-0.25, -0.2) is 4.68 Å². The van der Waals surface area contributed by atoms with Crippen LogP contribution < -0.4 is 0 Å². The second kappa shape index (κ2) is 10.9. The van der Waals surface area contributed by atoms with Crippen molar-refractivity contribution in [2.45, 2.75) is 43.9 Å². The van der Waals surface area contributed by atoms with Gasteiger partial charge < -0.3 is 19.3 Å². The monoisotopic (exact) mass is 320 g/mol. The molecule has 1 N–H and O–H groups in total. The summed E-state index contributed by atoms with van der Waals surface area (Å²) in [5.74, 6) is 0.469. The first kappa shape index (κ1) is 18.3. The quantitative estimate of drug-likeness (QED) is 0.339. The molecular weight excluding hydrogens is 296 g/mol. The lowest BCUT2D eigenvalue weighted by Gasteiger charge is -2.14. The molecule has 0 saturated heterocycles. The topological polar surface area (TPSA) is 91.5 Å². The van der Waals surface area contributed by atoms with Crippen molar-refractivity contribution in [3.8, 4) is 0 Å². The molecule has 1 aromatic rings. The van der Waals surface area contributed by atoms with Crippen LogP contribution in [0.3, 0.4) is 0 Å². The van der Waals surface area contributed by atoms with Crippen LogP contribution in [-0.2, 0) is 20.8 Å². The Bertz CT molecular complexity index is 376. The summed E-state index contributed by atoms with van der Waals surface area (Å²) in [5.41, 5.74) is 0. The van der Waals surface area contributed by atoms with E-state index in [1.807, 2.05) is 0 Å². The highest BCUT2D eigenvalue weighted by atomic mass is 32.2. The smallest absolute Gasteiger partial charge is 0.209 e. The minimum Gasteiger partial charge on any atom is -0.390 e. The normalized spacial score (nSPS) is 13.0. The van der Waals surface area contributed by atoms with E-state index < -0.39 is 12.4 Å². The SMILES string of the molecule is CCCCOCC(O)CSc1nnnn1CC(OC)OC. The van der Waals surface area contributed by atoms with Crippen LogP contribution in [0.1, 0.15) is 19.8 Å². The van der Waals surface area contributed by atoms with Gasteiger partial charge in [0.1, 0.15) is 0 Å². The molecule has 1 unspecified atom stereocenters. The van der Waals surface area contributed by atoms with Crippen LogP contribution in [0, 0.1) is 0 Å². The minimum absolute atomic E-state index is 0.327. The van der Waals surface area contributed by atoms with Crippen LogP contribution in [0.5, 0.6) is 0 Å². The lowest BCUT2D eigenvalue weighted by Crippen LogP contribution is -2.22. The van der Waals surface area contributed by atoms with Gasteiger partial charge in [-0.15, -0.1) is 5.10 Å². The molecule has 0 aliphatic carbocycles. The van der Waals surface area contributed by atoms with E-state index in [0.29, 0.717) is 30.7 Å². The molecule has 0 radical (unpaired) electrons. The Kier molecular flexibility index (Phi) is 9.51. The van der Waals surface area contributed by atoms with Crippen molar-refractivity contribution in [3.05, 3.63) is 0 Å². The summed E-state index contributed by atoms with van der Waals surface area (Å²) in [6, 6.07) is 0. The second-order valence-corrected chi connectivity index (χ2v) is 5.42. The Morgan fingerprint density at radius 2 is 2.10 bits per heavy atom. The summed E-state index contributed by atoms with van der Waals surface area (Å²) >= 11 is 1.37. The van der Waals surface area contributed by atoms with E-state index in [1.165, 1.54) is 11.8 Å². The summed E-state index contributed by atoms with van der Waals surface area (Å²) in [7, 11) is 3.12. The third kappa shape index (κ3) is 7.18. The number of nitrogens with zero attached hydrogens (tertiary/aromatic N) is 4. The molecule has 1 heterocycles. The van der Waals surface area contributed by atoms with Gasteiger partial charge in [0.2, 0.25) is 5.16 Å². The second-order valence-electron chi connectivity index (χ2n) is 4.44. The summed E-state index contributed by atoms with van der Waals surface area (Å²) in [6.45, 7) is 3.50. The van der Waals surface area contributed by atoms with E-state index in [9.17, 15) is 5.11 Å². The zero-order chi connectivity index (χ0) is 15.5. The van der Waals surface area contributed by atoms with Crippen molar-refractivity contribution in [2.75, 3.05) is 33.2 Å². The molecule has 1 atom stereocenters. The third-order valence-electron chi connectivity index (χ3n) is 2.70. The number of rotatable bonds is 12. The van der Waals surface area contributed by atoms with Gasteiger partial charge in [-0.2, -0.15) is 0 Å². The number of unbranched alkanes of at least 4 members (excludes halogenated alkanes) is 1. The zero-order valence-corrected chi connectivity index (χ0v) is 13.6. The molecule has 122 valence electrons. The van der Waals surface area contributed by atoms with E-state index >= 15 is 0 Å². The number of aliphatic hydroxyl groups excluding tert-OH is 1. The molecule has 0 fully saturated rings. The van der Waals surface area contributed by atoms with Crippen LogP contribution in [0.2, 0.25) is 0 Å². The zero-order valence-electron chi connectivity index (χ0n) is 12.8. The molecule has 0 amide bonds. The van der Waals surface area contributed by atoms with E-state index in [-0.39, 0.29) is 0 Å². The average molecular weight is 320 g/mol. The fourth-order valence-corrected chi connectivity index (χ4v) is 2.28. The van der Waals surface area contributed by atoms with E-state index in [0.717, 1.165) is 12.8 Å². The fraction of sp³-hybridized carbons (Fsp3) is 0.917. The summed E-state index contributed by atoms with van der Waals surface area (Å²) in [5, 5.41) is 21.9. The van der Waals surface area contributed by atoms with E-state index in [4.69, 9.17) is 14.2 Å². The molecule has 0 aliphatic rings. The van der Waals surface area contributed by atoms with Gasteiger partial charge in [0.25, 0.3) is 0 Å². The molecule has 9 heteroatoms. The predicted octanol–water partition coefficient (Wildman–Crippen LogP) is 0.562. The highest BCUT2D eigenvalue weighted by molar-refractivity contribution is 7.99. The Hall–Kier alpha value is -0.740. The summed E-state index contributed by atoms with van der Waals surface area (Å²) < 4.78 is 17.2. The van der Waals surface area contributed by atoms with Crippen molar-refractivity contribution in [3.63, 3.8) is 0 Å². The molecule has 0 aromatic carbocycles. The number of methoxy groups -OCH3 is 2. The first-order valence-corrected chi connectivity index (χ1v) is 7.90. The Labute approximate surface area is 129 Å². The Balaban J connectivity index is 2.33. The summed E-state index contributed by atoms with van der Waals surface area (Å²) in [4.78, 5) is 0. The van der Waals surface area contributed by atoms with Gasteiger partial charge in [-0.05, 0) is 16.8 Å². The summed E-state index contributed by atoms with van der Waals surface area (Å²) in [6.07, 6.45) is 1.14. The van der Waals surface area contributed by atoms with Crippen molar-refractivity contribution >= 4 is 11.8 Å². The number of hydrogen-bond acceptors (Lipinski definition) is 8. The lowest BCUT2D eigenvalue weighted by molar-refractivity contribution is -0.113. The maximum atomic E-state index is 9.84. The fourth-order valence-electron chi connectivity index (χ4n) is 1.49. The number of ether oxygens (including phenoxy) is 3. The predicted molar refractivity (Wildman–Crippen MR) is 78.1 cm³/mol. The molecule has 8 nitrogen and oxygen atoms in total. The first-order valence-electron chi connectivity index (χ1n) is 6.91. The number of aliphatic hydroxyl groups is 1. The molecule has 0 aliphatic heterocycles. The first-order chi connectivity index (χ1) is 10.2. The van der Waals surface area contributed by atoms with Gasteiger partial charge in [-0.3, -0.25) is 0 Å². The maximum absolute atomic E-state index is 9.84. The highest BCUT2D eigenvalue weighted by Crippen LogP contribution is 2.15. The maximum Gasteiger partial charge on any atom is 0.209 e. The van der Waals surface area contributed by atoms with Crippen LogP contribution >= 0.6 is 11.8 Å². The average Bonchev–Trinajstić information content (AvgIpc) is 2.94. The van der Waals surface area contributed by atoms with Crippen molar-refractivity contribution < 1.29 is 19.3 Å². The molecule has 0 bridgehead atoms. The number of thioether (sulfide) groups is 1. The van der Waals surface area contributed by atoms with Gasteiger partial charge in [-0.1, -0.05) is 25.1 Å². The van der Waals surface area contributed by atoms with Gasteiger partial charge in [0.05, 0.1) is 19.3 Å². The number of aromatic nitrogens is 4. The Morgan fingerprint density at radius 3 is 2.76 bits per heavy atom. The van der Waals surface area contributed by atoms with E-state index in [1.54, 1.807) is 18.9 Å². The van der Waals surface area contributed by atoms with Crippen molar-refractivity contribution in [1.29, 1.82) is 0 Å². The van der Waals surface area contributed by atoms with Crippen LogP contribution in [-0.4, -0.2) is 70.9 Å². The minimum atomic E-state index is -0.544.